The molecule has 16 heavy (non-hydrogen) atoms. The number of carbonyl (C=O) groups is 1. The maximum atomic E-state index is 10.7. The molecule has 0 aliphatic carbocycles. The molecule has 2 rings (SSSR count). The number of hydrogen-bond donors (Lipinski definition) is 3. The number of nitrogens with one attached hydrogen (secondary N) is 1. The molecule has 0 atom stereocenters. The molecule has 5 heteroatoms. The first-order chi connectivity index (χ1) is 7.59. The second-order valence-electron chi connectivity index (χ2n) is 3.24. The molecule has 82 valence electrons. The molecule has 0 fully saturated rings. The summed E-state index contributed by atoms with van der Waals surface area (Å²) in [5.41, 5.74) is 1.75. The SMILES string of the molecule is O=C(O)/C(S)=C/c1c[nH]c2cccc(Br)c12. The summed E-state index contributed by atoms with van der Waals surface area (Å²) >= 11 is 7.34. The molecule has 3 nitrogen and oxygen atoms in total. The van der Waals surface area contributed by atoms with Gasteiger partial charge in [-0.1, -0.05) is 22.0 Å². The first-order valence-corrected chi connectivity index (χ1v) is 5.73. The van der Waals surface area contributed by atoms with Crippen LogP contribution in [0.15, 0.2) is 33.8 Å². The molecule has 0 radical (unpaired) electrons. The number of fused-ring (bicyclic) bond motifs is 1. The van der Waals surface area contributed by atoms with E-state index in [1.165, 1.54) is 6.08 Å². The number of carboxylic acids is 1. The zero-order chi connectivity index (χ0) is 11.7. The van der Waals surface area contributed by atoms with E-state index in [9.17, 15) is 4.79 Å². The minimum absolute atomic E-state index is 0.0108. The van der Waals surface area contributed by atoms with Crippen LogP contribution in [-0.4, -0.2) is 16.1 Å². The van der Waals surface area contributed by atoms with Gasteiger partial charge in [0, 0.05) is 27.1 Å². The lowest BCUT2D eigenvalue weighted by Crippen LogP contribution is -1.92. The Balaban J connectivity index is 2.62. The molecule has 0 saturated heterocycles. The quantitative estimate of drug-likeness (QED) is 0.588. The van der Waals surface area contributed by atoms with Gasteiger partial charge in [-0.2, -0.15) is 0 Å². The molecule has 2 N–H and O–H groups in total. The van der Waals surface area contributed by atoms with Crippen molar-refractivity contribution in [2.24, 2.45) is 0 Å². The predicted octanol–water partition coefficient (Wildman–Crippen LogP) is 3.29. The van der Waals surface area contributed by atoms with Crippen molar-refractivity contribution in [1.29, 1.82) is 0 Å². The average molecular weight is 298 g/mol. The molecule has 0 bridgehead atoms. The summed E-state index contributed by atoms with van der Waals surface area (Å²) in [5.74, 6) is -1.04. The number of hydrogen-bond acceptors (Lipinski definition) is 2. The average Bonchev–Trinajstić information content (AvgIpc) is 2.63. The van der Waals surface area contributed by atoms with E-state index >= 15 is 0 Å². The Morgan fingerprint density at radius 1 is 1.50 bits per heavy atom. The second-order valence-corrected chi connectivity index (χ2v) is 4.58. The van der Waals surface area contributed by atoms with Crippen LogP contribution in [0.4, 0.5) is 0 Å². The third-order valence-electron chi connectivity index (χ3n) is 2.20. The molecule has 0 spiro atoms. The van der Waals surface area contributed by atoms with Gasteiger partial charge in [0.1, 0.15) is 0 Å². The minimum Gasteiger partial charge on any atom is -0.477 e. The molecule has 1 aromatic heterocycles. The van der Waals surface area contributed by atoms with Crippen molar-refractivity contribution < 1.29 is 9.90 Å². The molecule has 0 saturated carbocycles. The van der Waals surface area contributed by atoms with Crippen molar-refractivity contribution in [3.05, 3.63) is 39.3 Å². The second kappa shape index (κ2) is 4.35. The maximum absolute atomic E-state index is 10.7. The van der Waals surface area contributed by atoms with Crippen LogP contribution in [0.25, 0.3) is 17.0 Å². The van der Waals surface area contributed by atoms with Crippen LogP contribution in [0, 0.1) is 0 Å². The smallest absolute Gasteiger partial charge is 0.341 e. The molecule has 1 heterocycles. The number of carboxylic acid groups (broad SMARTS) is 1. The van der Waals surface area contributed by atoms with Gasteiger partial charge in [0.05, 0.1) is 4.91 Å². The van der Waals surface area contributed by atoms with Gasteiger partial charge in [-0.15, -0.1) is 12.6 Å². The van der Waals surface area contributed by atoms with Crippen LogP contribution >= 0.6 is 28.6 Å². The van der Waals surface area contributed by atoms with Gasteiger partial charge in [-0.25, -0.2) is 4.79 Å². The Labute approximate surface area is 106 Å². The van der Waals surface area contributed by atoms with Crippen LogP contribution in [0.2, 0.25) is 0 Å². The van der Waals surface area contributed by atoms with E-state index in [1.54, 1.807) is 6.20 Å². The standard InChI is InChI=1S/C11H8BrNO2S/c12-7-2-1-3-8-10(7)6(5-13-8)4-9(16)11(14)15/h1-5,13,16H,(H,14,15)/b9-4-. The van der Waals surface area contributed by atoms with Crippen LogP contribution in [-0.2, 0) is 4.79 Å². The number of aliphatic carboxylic acids is 1. The number of H-pyrrole nitrogens is 1. The van der Waals surface area contributed by atoms with E-state index in [0.29, 0.717) is 0 Å². The van der Waals surface area contributed by atoms with Crippen molar-refractivity contribution in [2.45, 2.75) is 0 Å². The van der Waals surface area contributed by atoms with Crippen LogP contribution in [0.5, 0.6) is 0 Å². The Morgan fingerprint density at radius 3 is 2.94 bits per heavy atom. The molecular formula is C11H8BrNO2S. The predicted molar refractivity (Wildman–Crippen MR) is 70.6 cm³/mol. The van der Waals surface area contributed by atoms with E-state index < -0.39 is 5.97 Å². The number of aromatic nitrogens is 1. The number of halogens is 1. The minimum atomic E-state index is -1.04. The molecular weight excluding hydrogens is 290 g/mol. The Morgan fingerprint density at radius 2 is 2.25 bits per heavy atom. The highest BCUT2D eigenvalue weighted by Crippen LogP contribution is 2.28. The normalized spacial score (nSPS) is 12.0. The largest absolute Gasteiger partial charge is 0.477 e. The van der Waals surface area contributed by atoms with Crippen LogP contribution < -0.4 is 0 Å². The van der Waals surface area contributed by atoms with Gasteiger partial charge < -0.3 is 10.1 Å². The molecule has 0 aliphatic rings. The van der Waals surface area contributed by atoms with Gasteiger partial charge in [0.2, 0.25) is 0 Å². The summed E-state index contributed by atoms with van der Waals surface area (Å²) in [4.78, 5) is 13.8. The van der Waals surface area contributed by atoms with Gasteiger partial charge in [-0.05, 0) is 18.2 Å². The topological polar surface area (TPSA) is 53.1 Å². The fourth-order valence-corrected chi connectivity index (χ4v) is 2.22. The van der Waals surface area contributed by atoms with Crippen molar-refractivity contribution in [3.63, 3.8) is 0 Å². The summed E-state index contributed by atoms with van der Waals surface area (Å²) in [7, 11) is 0. The zero-order valence-electron chi connectivity index (χ0n) is 8.07. The number of aromatic amines is 1. The van der Waals surface area contributed by atoms with Gasteiger partial charge in [-0.3, -0.25) is 0 Å². The monoisotopic (exact) mass is 297 g/mol. The lowest BCUT2D eigenvalue weighted by atomic mass is 10.1. The van der Waals surface area contributed by atoms with E-state index in [0.717, 1.165) is 20.9 Å². The lowest BCUT2D eigenvalue weighted by Gasteiger charge is -1.96. The molecule has 1 aromatic carbocycles. The third kappa shape index (κ3) is 2.01. The van der Waals surface area contributed by atoms with Gasteiger partial charge in [0.15, 0.2) is 0 Å². The number of thiol groups is 1. The summed E-state index contributed by atoms with van der Waals surface area (Å²) in [5, 5.41) is 9.71. The van der Waals surface area contributed by atoms with Gasteiger partial charge in [0.25, 0.3) is 0 Å². The molecule has 0 amide bonds. The first kappa shape index (κ1) is 11.3. The van der Waals surface area contributed by atoms with Gasteiger partial charge >= 0.3 is 5.97 Å². The zero-order valence-corrected chi connectivity index (χ0v) is 10.5. The lowest BCUT2D eigenvalue weighted by molar-refractivity contribution is -0.131. The summed E-state index contributed by atoms with van der Waals surface area (Å²) < 4.78 is 0.920. The fraction of sp³-hybridized carbons (Fsp3) is 0. The molecule has 2 aromatic rings. The number of benzene rings is 1. The molecule has 0 unspecified atom stereocenters. The Kier molecular flexibility index (Phi) is 3.07. The summed E-state index contributed by atoms with van der Waals surface area (Å²) in [6.07, 6.45) is 3.28. The van der Waals surface area contributed by atoms with Crippen molar-refractivity contribution in [2.75, 3.05) is 0 Å². The first-order valence-electron chi connectivity index (χ1n) is 4.49. The highest BCUT2D eigenvalue weighted by molar-refractivity contribution is 9.10. The van der Waals surface area contributed by atoms with E-state index in [-0.39, 0.29) is 4.91 Å². The number of rotatable bonds is 2. The van der Waals surface area contributed by atoms with E-state index in [2.05, 4.69) is 33.5 Å². The van der Waals surface area contributed by atoms with Crippen molar-refractivity contribution >= 4 is 51.5 Å². The Bertz CT molecular complexity index is 589. The van der Waals surface area contributed by atoms with Crippen molar-refractivity contribution in [1.82, 2.24) is 4.98 Å². The Hall–Kier alpha value is -1.20. The van der Waals surface area contributed by atoms with Crippen molar-refractivity contribution in [3.8, 4) is 0 Å². The summed E-state index contributed by atoms with van der Waals surface area (Å²) in [6, 6.07) is 5.75. The van der Waals surface area contributed by atoms with E-state index in [1.807, 2.05) is 18.2 Å². The fourth-order valence-electron chi connectivity index (χ4n) is 1.49. The van der Waals surface area contributed by atoms with Crippen LogP contribution in [0.3, 0.4) is 0 Å². The third-order valence-corrected chi connectivity index (χ3v) is 3.18. The van der Waals surface area contributed by atoms with E-state index in [4.69, 9.17) is 5.11 Å². The van der Waals surface area contributed by atoms with Crippen LogP contribution in [0.1, 0.15) is 5.56 Å². The molecule has 0 aliphatic heterocycles. The maximum Gasteiger partial charge on any atom is 0.341 e. The highest BCUT2D eigenvalue weighted by Gasteiger charge is 2.07. The highest BCUT2D eigenvalue weighted by atomic mass is 79.9. The summed E-state index contributed by atoms with van der Waals surface area (Å²) in [6.45, 7) is 0.